The Morgan fingerprint density at radius 3 is 2.72 bits per heavy atom. The highest BCUT2D eigenvalue weighted by molar-refractivity contribution is 5.97. The predicted molar refractivity (Wildman–Crippen MR) is 148 cm³/mol. The van der Waals surface area contributed by atoms with Gasteiger partial charge in [-0.3, -0.25) is 9.79 Å². The summed E-state index contributed by atoms with van der Waals surface area (Å²) >= 11 is 0. The summed E-state index contributed by atoms with van der Waals surface area (Å²) in [4.78, 5) is 16.2. The summed E-state index contributed by atoms with van der Waals surface area (Å²) in [6.07, 6.45) is 16.5. The van der Waals surface area contributed by atoms with Gasteiger partial charge in [0.25, 0.3) is 0 Å². The molecule has 1 saturated carbocycles. The second-order valence-corrected chi connectivity index (χ2v) is 10.3. The molecule has 4 atom stereocenters. The van der Waals surface area contributed by atoms with E-state index < -0.39 is 0 Å². The fourth-order valence-electron chi connectivity index (χ4n) is 5.21. The minimum atomic E-state index is -0.0215. The first kappa shape index (κ1) is 27.9. The molecule has 0 bridgehead atoms. The minimum Gasteiger partial charge on any atom is -0.490 e. The summed E-state index contributed by atoms with van der Waals surface area (Å²) in [5, 5.41) is 2.83. The lowest BCUT2D eigenvalue weighted by Gasteiger charge is -2.28. The van der Waals surface area contributed by atoms with E-state index in [1.807, 2.05) is 37.3 Å². The molecule has 1 aliphatic carbocycles. The number of allylic oxidation sites excluding steroid dienone is 4. The van der Waals surface area contributed by atoms with Crippen LogP contribution >= 0.6 is 0 Å². The monoisotopic (exact) mass is 492 g/mol. The van der Waals surface area contributed by atoms with Crippen molar-refractivity contribution in [1.82, 2.24) is 5.32 Å². The van der Waals surface area contributed by atoms with E-state index in [0.717, 1.165) is 74.5 Å². The maximum Gasteiger partial charge on any atom is 0.217 e. The van der Waals surface area contributed by atoms with Gasteiger partial charge in [0.1, 0.15) is 5.75 Å². The Bertz CT molecular complexity index is 926. The number of rotatable bonds is 11. The molecule has 5 nitrogen and oxygen atoms in total. The van der Waals surface area contributed by atoms with E-state index in [1.54, 1.807) is 0 Å². The second-order valence-electron chi connectivity index (χ2n) is 10.3. The number of nitrogens with zero attached hydrogens (tertiary/aromatic N) is 1. The van der Waals surface area contributed by atoms with Crippen molar-refractivity contribution in [1.29, 1.82) is 0 Å². The largest absolute Gasteiger partial charge is 0.490 e. The topological polar surface area (TPSA) is 59.9 Å². The van der Waals surface area contributed by atoms with Crippen LogP contribution < -0.4 is 10.1 Å². The molecule has 1 N–H and O–H groups in total. The van der Waals surface area contributed by atoms with E-state index >= 15 is 0 Å². The van der Waals surface area contributed by atoms with Crippen molar-refractivity contribution in [3.05, 3.63) is 66.4 Å². The Kier molecular flexibility index (Phi) is 11.5. The van der Waals surface area contributed by atoms with Gasteiger partial charge in [0.15, 0.2) is 0 Å². The lowest BCUT2D eigenvalue weighted by Crippen LogP contribution is -2.25. The summed E-state index contributed by atoms with van der Waals surface area (Å²) in [6, 6.07) is 8.03. The lowest BCUT2D eigenvalue weighted by molar-refractivity contribution is -0.119. The first-order valence-corrected chi connectivity index (χ1v) is 13.6. The third kappa shape index (κ3) is 9.42. The molecule has 0 spiro atoms. The average molecular weight is 493 g/mol. The molecule has 1 heterocycles. The van der Waals surface area contributed by atoms with Crippen LogP contribution in [0.5, 0.6) is 5.75 Å². The van der Waals surface area contributed by atoms with Gasteiger partial charge in [0.2, 0.25) is 5.91 Å². The van der Waals surface area contributed by atoms with Crippen LogP contribution in [0, 0.1) is 17.8 Å². The quantitative estimate of drug-likeness (QED) is 0.273. The molecule has 0 radical (unpaired) electrons. The molecule has 1 aromatic rings. The van der Waals surface area contributed by atoms with Gasteiger partial charge < -0.3 is 14.8 Å². The van der Waals surface area contributed by atoms with Crippen molar-refractivity contribution in [3.8, 4) is 5.75 Å². The third-order valence-corrected chi connectivity index (χ3v) is 7.09. The molecular formula is C31H44N2O3. The smallest absolute Gasteiger partial charge is 0.217 e. The number of hydrogen-bond acceptors (Lipinski definition) is 4. The highest BCUT2D eigenvalue weighted by Gasteiger charge is 2.23. The van der Waals surface area contributed by atoms with Crippen LogP contribution in [0.3, 0.4) is 0 Å². The number of hydrogen-bond donors (Lipinski definition) is 1. The van der Waals surface area contributed by atoms with E-state index in [-0.39, 0.29) is 12.0 Å². The summed E-state index contributed by atoms with van der Waals surface area (Å²) < 4.78 is 12.0. The molecule has 4 unspecified atom stereocenters. The van der Waals surface area contributed by atoms with Crippen LogP contribution in [0.1, 0.15) is 71.3 Å². The number of carbonyl (C=O) groups excluding carboxylic acids is 1. The zero-order chi connectivity index (χ0) is 25.8. The van der Waals surface area contributed by atoms with Crippen molar-refractivity contribution < 1.29 is 14.3 Å². The number of nitrogens with one attached hydrogen (secondary N) is 1. The number of ether oxygens (including phenoxy) is 2. The number of amides is 1. The van der Waals surface area contributed by atoms with Gasteiger partial charge in [0.05, 0.1) is 11.8 Å². The average Bonchev–Trinajstić information content (AvgIpc) is 2.87. The molecule has 36 heavy (non-hydrogen) atoms. The molecule has 1 aromatic carbocycles. The molecule has 3 rings (SSSR count). The van der Waals surface area contributed by atoms with E-state index in [2.05, 4.69) is 37.0 Å². The van der Waals surface area contributed by atoms with Crippen LogP contribution in [0.25, 0.3) is 0 Å². The fraction of sp³-hybridized carbons (Fsp3) is 0.548. The Morgan fingerprint density at radius 1 is 1.25 bits per heavy atom. The van der Waals surface area contributed by atoms with Gasteiger partial charge in [0, 0.05) is 32.4 Å². The molecule has 1 aliphatic heterocycles. The van der Waals surface area contributed by atoms with Crippen LogP contribution in [0.15, 0.2) is 65.8 Å². The van der Waals surface area contributed by atoms with Crippen LogP contribution in [-0.2, 0) is 16.1 Å². The molecule has 2 aliphatic rings. The molecule has 196 valence electrons. The fourth-order valence-corrected chi connectivity index (χ4v) is 5.21. The highest BCUT2D eigenvalue weighted by atomic mass is 16.5. The standard InChI is InChI=1S/C31H44N2O3/c1-5-9-28(33-31(6-2)23(3)18-27-11-8-17-35-22-27)19-26-10-7-12-30(20-26)36-29-15-13-25(14-16-29)21-32-24(4)34/h5-6,9,13-16,19,23,26-27,30H,2,7-8,10-12,17-18,20-22H2,1,3-4H3,(H,32,34)/b9-5-,28-19+,33-31?. The van der Waals surface area contributed by atoms with Crippen molar-refractivity contribution in [2.75, 3.05) is 13.2 Å². The molecular weight excluding hydrogens is 448 g/mol. The van der Waals surface area contributed by atoms with Gasteiger partial charge in [-0.25, -0.2) is 0 Å². The third-order valence-electron chi connectivity index (χ3n) is 7.09. The minimum absolute atomic E-state index is 0.0215. The van der Waals surface area contributed by atoms with E-state index in [0.29, 0.717) is 24.3 Å². The first-order valence-electron chi connectivity index (χ1n) is 13.6. The SMILES string of the molecule is C=CC(=NC(/C=C\C)=C/C1CCCC(Oc2ccc(CNC(C)=O)cc2)C1)C(C)CC1CCCOC1. The van der Waals surface area contributed by atoms with Crippen molar-refractivity contribution in [2.45, 2.75) is 78.4 Å². The number of aliphatic imine (C=N–C) groups is 1. The van der Waals surface area contributed by atoms with E-state index in [1.165, 1.54) is 13.3 Å². The maximum absolute atomic E-state index is 11.1. The van der Waals surface area contributed by atoms with Gasteiger partial charge >= 0.3 is 0 Å². The second kappa shape index (κ2) is 14.8. The molecule has 1 saturated heterocycles. The van der Waals surface area contributed by atoms with Crippen LogP contribution in [0.4, 0.5) is 0 Å². The van der Waals surface area contributed by atoms with E-state index in [4.69, 9.17) is 14.5 Å². The Balaban J connectivity index is 1.61. The highest BCUT2D eigenvalue weighted by Crippen LogP contribution is 2.30. The molecule has 5 heteroatoms. The molecule has 2 fully saturated rings. The number of carbonyl (C=O) groups is 1. The summed E-state index contributed by atoms with van der Waals surface area (Å²) in [7, 11) is 0. The van der Waals surface area contributed by atoms with Crippen molar-refractivity contribution >= 4 is 11.6 Å². The summed E-state index contributed by atoms with van der Waals surface area (Å²) in [5.74, 6) is 2.28. The summed E-state index contributed by atoms with van der Waals surface area (Å²) in [6.45, 7) is 12.2. The Labute approximate surface area is 217 Å². The number of benzene rings is 1. The van der Waals surface area contributed by atoms with Gasteiger partial charge in [-0.15, -0.1) is 0 Å². The summed E-state index contributed by atoms with van der Waals surface area (Å²) in [5.41, 5.74) is 3.15. The molecule has 1 amide bonds. The zero-order valence-electron chi connectivity index (χ0n) is 22.4. The van der Waals surface area contributed by atoms with Crippen LogP contribution in [-0.4, -0.2) is 30.9 Å². The predicted octanol–water partition coefficient (Wildman–Crippen LogP) is 6.80. The van der Waals surface area contributed by atoms with Gasteiger partial charge in [-0.05, 0) is 99.5 Å². The first-order chi connectivity index (χ1) is 17.5. The van der Waals surface area contributed by atoms with Crippen molar-refractivity contribution in [3.63, 3.8) is 0 Å². The Morgan fingerprint density at radius 2 is 2.06 bits per heavy atom. The van der Waals surface area contributed by atoms with Crippen molar-refractivity contribution in [2.24, 2.45) is 22.7 Å². The Hall–Kier alpha value is -2.66. The van der Waals surface area contributed by atoms with Crippen LogP contribution in [0.2, 0.25) is 0 Å². The van der Waals surface area contributed by atoms with Gasteiger partial charge in [-0.1, -0.05) is 37.8 Å². The normalized spacial score (nSPS) is 24.4. The van der Waals surface area contributed by atoms with Gasteiger partial charge in [-0.2, -0.15) is 0 Å². The zero-order valence-corrected chi connectivity index (χ0v) is 22.4. The van der Waals surface area contributed by atoms with E-state index in [9.17, 15) is 4.79 Å². The maximum atomic E-state index is 11.1. The lowest BCUT2D eigenvalue weighted by atomic mass is 9.86. The molecule has 0 aromatic heterocycles.